The van der Waals surface area contributed by atoms with Gasteiger partial charge < -0.3 is 9.84 Å². The molecule has 1 N–H and O–H groups in total. The van der Waals surface area contributed by atoms with E-state index in [-0.39, 0.29) is 11.9 Å². The summed E-state index contributed by atoms with van der Waals surface area (Å²) in [6.07, 6.45) is 1.55. The fourth-order valence-electron chi connectivity index (χ4n) is 1.75. The van der Waals surface area contributed by atoms with E-state index in [9.17, 15) is 5.11 Å². The summed E-state index contributed by atoms with van der Waals surface area (Å²) in [5.74, 6) is 0.235. The molecule has 80 valence electrons. The SMILES string of the molecule is C=C1CCOC(c2cc(Cl)ccc2O)C1. The molecule has 0 radical (unpaired) electrons. The Morgan fingerprint density at radius 3 is 3.00 bits per heavy atom. The molecule has 0 spiro atoms. The van der Waals surface area contributed by atoms with Gasteiger partial charge in [-0.05, 0) is 31.0 Å². The minimum atomic E-state index is -0.107. The number of hydrogen-bond acceptors (Lipinski definition) is 2. The second kappa shape index (κ2) is 4.25. The molecule has 0 saturated carbocycles. The summed E-state index contributed by atoms with van der Waals surface area (Å²) in [5.41, 5.74) is 1.91. The first-order valence-electron chi connectivity index (χ1n) is 4.93. The normalized spacial score (nSPS) is 21.7. The van der Waals surface area contributed by atoms with Crippen LogP contribution in [-0.2, 0) is 4.74 Å². The summed E-state index contributed by atoms with van der Waals surface area (Å²) in [5, 5.41) is 10.3. The molecule has 1 aliphatic heterocycles. The van der Waals surface area contributed by atoms with Crippen LogP contribution in [0, 0.1) is 0 Å². The Hall–Kier alpha value is -0.990. The summed E-state index contributed by atoms with van der Waals surface area (Å²) in [7, 11) is 0. The highest BCUT2D eigenvalue weighted by Gasteiger charge is 2.21. The number of halogens is 1. The van der Waals surface area contributed by atoms with Gasteiger partial charge in [-0.2, -0.15) is 0 Å². The van der Waals surface area contributed by atoms with E-state index in [4.69, 9.17) is 16.3 Å². The average molecular weight is 225 g/mol. The van der Waals surface area contributed by atoms with Gasteiger partial charge in [0.05, 0.1) is 12.7 Å². The van der Waals surface area contributed by atoms with Gasteiger partial charge in [-0.1, -0.05) is 23.8 Å². The molecule has 0 amide bonds. The van der Waals surface area contributed by atoms with Gasteiger partial charge in [0.25, 0.3) is 0 Å². The Balaban J connectivity index is 2.27. The van der Waals surface area contributed by atoms with Gasteiger partial charge in [0.15, 0.2) is 0 Å². The molecule has 0 bridgehead atoms. The van der Waals surface area contributed by atoms with Gasteiger partial charge in [-0.15, -0.1) is 0 Å². The summed E-state index contributed by atoms with van der Waals surface area (Å²) in [6, 6.07) is 5.01. The zero-order valence-corrected chi connectivity index (χ0v) is 9.13. The molecule has 1 fully saturated rings. The van der Waals surface area contributed by atoms with E-state index in [0.717, 1.165) is 24.0 Å². The van der Waals surface area contributed by atoms with Crippen LogP contribution < -0.4 is 0 Å². The second-order valence-corrected chi connectivity index (χ2v) is 4.20. The van der Waals surface area contributed by atoms with Crippen LogP contribution in [0.3, 0.4) is 0 Å². The first-order chi connectivity index (χ1) is 7.16. The van der Waals surface area contributed by atoms with Crippen LogP contribution in [0.2, 0.25) is 5.02 Å². The number of phenolic OH excluding ortho intramolecular Hbond substituents is 1. The highest BCUT2D eigenvalue weighted by Crippen LogP contribution is 2.36. The maximum absolute atomic E-state index is 9.71. The fourth-order valence-corrected chi connectivity index (χ4v) is 1.93. The molecule has 2 nitrogen and oxygen atoms in total. The molecule has 1 aliphatic rings. The minimum absolute atomic E-state index is 0.107. The standard InChI is InChI=1S/C12H13ClO2/c1-8-4-5-15-12(6-8)10-7-9(13)2-3-11(10)14/h2-3,7,12,14H,1,4-6H2. The lowest BCUT2D eigenvalue weighted by Gasteiger charge is -2.25. The third-order valence-electron chi connectivity index (χ3n) is 2.59. The third kappa shape index (κ3) is 2.33. The van der Waals surface area contributed by atoms with Gasteiger partial charge in [0.2, 0.25) is 0 Å². The maximum Gasteiger partial charge on any atom is 0.121 e. The molecule has 1 atom stereocenters. The van der Waals surface area contributed by atoms with E-state index in [1.165, 1.54) is 0 Å². The Bertz CT molecular complexity index is 387. The molecular weight excluding hydrogens is 212 g/mol. The summed E-state index contributed by atoms with van der Waals surface area (Å²) in [6.45, 7) is 4.61. The zero-order chi connectivity index (χ0) is 10.8. The van der Waals surface area contributed by atoms with Crippen molar-refractivity contribution in [3.05, 3.63) is 40.9 Å². The first-order valence-corrected chi connectivity index (χ1v) is 5.31. The molecule has 0 aromatic heterocycles. The van der Waals surface area contributed by atoms with Crippen molar-refractivity contribution in [1.29, 1.82) is 0 Å². The van der Waals surface area contributed by atoms with Crippen LogP contribution >= 0.6 is 11.6 Å². The maximum atomic E-state index is 9.71. The molecular formula is C12H13ClO2. The van der Waals surface area contributed by atoms with Crippen LogP contribution in [0.5, 0.6) is 5.75 Å². The third-order valence-corrected chi connectivity index (χ3v) is 2.82. The molecule has 1 aromatic carbocycles. The van der Waals surface area contributed by atoms with Crippen molar-refractivity contribution in [2.45, 2.75) is 18.9 Å². The fraction of sp³-hybridized carbons (Fsp3) is 0.333. The van der Waals surface area contributed by atoms with Crippen molar-refractivity contribution < 1.29 is 9.84 Å². The lowest BCUT2D eigenvalue weighted by molar-refractivity contribution is 0.0338. The topological polar surface area (TPSA) is 29.5 Å². The van der Waals surface area contributed by atoms with Crippen molar-refractivity contribution >= 4 is 11.6 Å². The number of aromatic hydroxyl groups is 1. The molecule has 1 saturated heterocycles. The summed E-state index contributed by atoms with van der Waals surface area (Å²) < 4.78 is 5.59. The largest absolute Gasteiger partial charge is 0.508 e. The van der Waals surface area contributed by atoms with Crippen molar-refractivity contribution in [2.24, 2.45) is 0 Å². The number of rotatable bonds is 1. The lowest BCUT2D eigenvalue weighted by atomic mass is 9.97. The average Bonchev–Trinajstić information content (AvgIpc) is 2.22. The Morgan fingerprint density at radius 1 is 1.47 bits per heavy atom. The second-order valence-electron chi connectivity index (χ2n) is 3.77. The van der Waals surface area contributed by atoms with Gasteiger partial charge in [-0.25, -0.2) is 0 Å². The van der Waals surface area contributed by atoms with Crippen molar-refractivity contribution in [2.75, 3.05) is 6.61 Å². The number of hydrogen-bond donors (Lipinski definition) is 1. The molecule has 1 unspecified atom stereocenters. The van der Waals surface area contributed by atoms with E-state index in [2.05, 4.69) is 6.58 Å². The van der Waals surface area contributed by atoms with Gasteiger partial charge >= 0.3 is 0 Å². The van der Waals surface area contributed by atoms with Crippen LogP contribution in [0.4, 0.5) is 0 Å². The van der Waals surface area contributed by atoms with Crippen molar-refractivity contribution in [3.63, 3.8) is 0 Å². The molecule has 1 heterocycles. The van der Waals surface area contributed by atoms with Crippen molar-refractivity contribution in [1.82, 2.24) is 0 Å². The number of ether oxygens (including phenoxy) is 1. The molecule has 3 heteroatoms. The lowest BCUT2D eigenvalue weighted by Crippen LogP contribution is -2.13. The van der Waals surface area contributed by atoms with Crippen LogP contribution in [0.25, 0.3) is 0 Å². The Morgan fingerprint density at radius 2 is 2.27 bits per heavy atom. The number of benzene rings is 1. The van der Waals surface area contributed by atoms with Gasteiger partial charge in [-0.3, -0.25) is 0 Å². The van der Waals surface area contributed by atoms with Crippen molar-refractivity contribution in [3.8, 4) is 5.75 Å². The van der Waals surface area contributed by atoms with Crippen LogP contribution in [0.1, 0.15) is 24.5 Å². The van der Waals surface area contributed by atoms with E-state index in [1.54, 1.807) is 18.2 Å². The van der Waals surface area contributed by atoms with E-state index >= 15 is 0 Å². The highest BCUT2D eigenvalue weighted by atomic mass is 35.5. The Labute approximate surface area is 94.1 Å². The van der Waals surface area contributed by atoms with E-state index in [1.807, 2.05) is 0 Å². The quantitative estimate of drug-likeness (QED) is 0.741. The predicted octanol–water partition coefficient (Wildman–Crippen LogP) is 3.45. The van der Waals surface area contributed by atoms with E-state index < -0.39 is 0 Å². The van der Waals surface area contributed by atoms with E-state index in [0.29, 0.717) is 11.6 Å². The highest BCUT2D eigenvalue weighted by molar-refractivity contribution is 6.30. The molecule has 15 heavy (non-hydrogen) atoms. The van der Waals surface area contributed by atoms with Gasteiger partial charge in [0, 0.05) is 10.6 Å². The predicted molar refractivity (Wildman–Crippen MR) is 60.2 cm³/mol. The van der Waals surface area contributed by atoms with Gasteiger partial charge in [0.1, 0.15) is 5.75 Å². The summed E-state index contributed by atoms with van der Waals surface area (Å²) in [4.78, 5) is 0. The van der Waals surface area contributed by atoms with Crippen LogP contribution in [-0.4, -0.2) is 11.7 Å². The zero-order valence-electron chi connectivity index (χ0n) is 8.37. The smallest absolute Gasteiger partial charge is 0.121 e. The molecule has 1 aromatic rings. The molecule has 2 rings (SSSR count). The summed E-state index contributed by atoms with van der Waals surface area (Å²) >= 11 is 5.88. The number of phenols is 1. The van der Waals surface area contributed by atoms with Crippen LogP contribution in [0.15, 0.2) is 30.4 Å². The minimum Gasteiger partial charge on any atom is -0.508 e. The first kappa shape index (κ1) is 10.5. The Kier molecular flexibility index (Phi) is 2.98. The molecule has 0 aliphatic carbocycles. The monoisotopic (exact) mass is 224 g/mol.